The molecule has 6 rings (SSSR count). The van der Waals surface area contributed by atoms with Gasteiger partial charge in [-0.1, -0.05) is 66.7 Å². The van der Waals surface area contributed by atoms with E-state index < -0.39 is 42.1 Å². The number of hydrogen-bond donors (Lipinski definition) is 3. The Morgan fingerprint density at radius 2 is 1.56 bits per heavy atom. The highest BCUT2D eigenvalue weighted by Crippen LogP contribution is 2.44. The van der Waals surface area contributed by atoms with Gasteiger partial charge in [-0.15, -0.1) is 0 Å². The molecule has 14 nitrogen and oxygen atoms in total. The lowest BCUT2D eigenvalue weighted by Gasteiger charge is -2.29. The Hall–Kier alpha value is -6.15. The SMILES string of the molecule is CC(C)(C)OC[C@@H](CN(CC(=O)O)C(=O)Cn1cnc2c(NC(=O)c3ccccc3)ncnc21)NC(=O)OCC1c2ccccc2-c2ccccc21. The summed E-state index contributed by atoms with van der Waals surface area (Å²) in [5.74, 6) is -2.22. The van der Waals surface area contributed by atoms with Gasteiger partial charge in [0.15, 0.2) is 17.0 Å². The largest absolute Gasteiger partial charge is 0.480 e. The maximum atomic E-state index is 13.7. The topological polar surface area (TPSA) is 178 Å². The number of aromatic nitrogens is 4. The van der Waals surface area contributed by atoms with Crippen molar-refractivity contribution >= 4 is 40.9 Å². The summed E-state index contributed by atoms with van der Waals surface area (Å²) >= 11 is 0. The van der Waals surface area contributed by atoms with E-state index in [1.54, 1.807) is 30.3 Å². The molecule has 0 saturated carbocycles. The van der Waals surface area contributed by atoms with Crippen LogP contribution in [0.25, 0.3) is 22.3 Å². The summed E-state index contributed by atoms with van der Waals surface area (Å²) in [6.07, 6.45) is 1.87. The van der Waals surface area contributed by atoms with E-state index in [-0.39, 0.29) is 49.2 Å². The molecule has 1 atom stereocenters. The first kappa shape index (κ1) is 35.7. The number of ether oxygens (including phenoxy) is 2. The smallest absolute Gasteiger partial charge is 0.407 e. The molecule has 0 spiro atoms. The van der Waals surface area contributed by atoms with Gasteiger partial charge in [-0.2, -0.15) is 0 Å². The Morgan fingerprint density at radius 3 is 2.21 bits per heavy atom. The third-order valence-electron chi connectivity index (χ3n) is 8.48. The van der Waals surface area contributed by atoms with Crippen molar-refractivity contribution in [1.82, 2.24) is 29.7 Å². The van der Waals surface area contributed by atoms with Gasteiger partial charge in [0.2, 0.25) is 5.91 Å². The van der Waals surface area contributed by atoms with Crippen LogP contribution in [0.3, 0.4) is 0 Å². The van der Waals surface area contributed by atoms with Crippen LogP contribution in [0.15, 0.2) is 91.5 Å². The summed E-state index contributed by atoms with van der Waals surface area (Å²) in [6, 6.07) is 23.8. The normalized spacial score (nSPS) is 12.8. The molecule has 3 aromatic carbocycles. The molecule has 0 aliphatic heterocycles. The second-order valence-corrected chi connectivity index (χ2v) is 13.3. The van der Waals surface area contributed by atoms with E-state index in [2.05, 4.69) is 25.6 Å². The summed E-state index contributed by atoms with van der Waals surface area (Å²) < 4.78 is 13.1. The van der Waals surface area contributed by atoms with Crippen LogP contribution in [0.2, 0.25) is 0 Å². The van der Waals surface area contributed by atoms with Gasteiger partial charge in [0, 0.05) is 18.0 Å². The molecular weight excluding hydrogens is 666 g/mol. The zero-order valence-corrected chi connectivity index (χ0v) is 29.0. The Balaban J connectivity index is 1.15. The van der Waals surface area contributed by atoms with E-state index in [0.29, 0.717) is 5.56 Å². The zero-order valence-electron chi connectivity index (χ0n) is 29.0. The van der Waals surface area contributed by atoms with Gasteiger partial charge >= 0.3 is 12.1 Å². The molecule has 1 aliphatic rings. The lowest BCUT2D eigenvalue weighted by molar-refractivity contribution is -0.145. The lowest BCUT2D eigenvalue weighted by Crippen LogP contribution is -2.51. The molecule has 0 saturated heterocycles. The number of fused-ring (bicyclic) bond motifs is 4. The van der Waals surface area contributed by atoms with Gasteiger partial charge < -0.3 is 34.7 Å². The van der Waals surface area contributed by atoms with Gasteiger partial charge in [0.25, 0.3) is 5.91 Å². The number of alkyl carbamates (subject to hydrolysis) is 1. The number of carboxylic acid groups (broad SMARTS) is 1. The van der Waals surface area contributed by atoms with E-state index in [1.807, 2.05) is 69.3 Å². The van der Waals surface area contributed by atoms with Crippen LogP contribution in [0.1, 0.15) is 48.2 Å². The Kier molecular flexibility index (Phi) is 10.6. The molecule has 5 aromatic rings. The molecule has 3 N–H and O–H groups in total. The number of amides is 3. The van der Waals surface area contributed by atoms with Crippen molar-refractivity contribution in [3.05, 3.63) is 108 Å². The van der Waals surface area contributed by atoms with Gasteiger partial charge in [-0.3, -0.25) is 14.4 Å². The Bertz CT molecular complexity index is 2050. The van der Waals surface area contributed by atoms with Crippen molar-refractivity contribution in [2.24, 2.45) is 0 Å². The van der Waals surface area contributed by atoms with Crippen molar-refractivity contribution in [2.45, 2.75) is 44.9 Å². The number of anilines is 1. The fourth-order valence-electron chi connectivity index (χ4n) is 6.08. The Labute approximate surface area is 299 Å². The number of imidazole rings is 1. The average molecular weight is 706 g/mol. The third-order valence-corrected chi connectivity index (χ3v) is 8.48. The maximum Gasteiger partial charge on any atom is 0.407 e. The second-order valence-electron chi connectivity index (χ2n) is 13.3. The van der Waals surface area contributed by atoms with Crippen molar-refractivity contribution in [2.75, 3.05) is 31.6 Å². The Morgan fingerprint density at radius 1 is 0.904 bits per heavy atom. The number of aliphatic carboxylic acids is 1. The minimum Gasteiger partial charge on any atom is -0.480 e. The molecule has 2 aromatic heterocycles. The van der Waals surface area contributed by atoms with Crippen molar-refractivity contribution < 1.29 is 33.8 Å². The monoisotopic (exact) mass is 705 g/mol. The summed E-state index contributed by atoms with van der Waals surface area (Å²) in [6.45, 7) is 4.43. The molecule has 0 unspecified atom stereocenters. The van der Waals surface area contributed by atoms with Gasteiger partial charge in [-0.25, -0.2) is 19.7 Å². The molecule has 268 valence electrons. The molecule has 0 radical (unpaired) electrons. The molecule has 0 bridgehead atoms. The predicted molar refractivity (Wildman–Crippen MR) is 192 cm³/mol. The predicted octanol–water partition coefficient (Wildman–Crippen LogP) is 4.71. The summed E-state index contributed by atoms with van der Waals surface area (Å²) in [7, 11) is 0. The molecule has 2 heterocycles. The van der Waals surface area contributed by atoms with Crippen LogP contribution in [-0.4, -0.2) is 91.3 Å². The van der Waals surface area contributed by atoms with E-state index in [4.69, 9.17) is 9.47 Å². The maximum absolute atomic E-state index is 13.7. The molecule has 1 aliphatic carbocycles. The highest BCUT2D eigenvalue weighted by atomic mass is 16.5. The highest BCUT2D eigenvalue weighted by Gasteiger charge is 2.30. The molecular formula is C38H39N7O7. The van der Waals surface area contributed by atoms with E-state index in [1.165, 1.54) is 17.2 Å². The first-order chi connectivity index (χ1) is 25.0. The van der Waals surface area contributed by atoms with Crippen molar-refractivity contribution in [3.8, 4) is 11.1 Å². The number of benzene rings is 3. The zero-order chi connectivity index (χ0) is 36.8. The number of rotatable bonds is 13. The fraction of sp³-hybridized carbons (Fsp3) is 0.289. The fourth-order valence-corrected chi connectivity index (χ4v) is 6.08. The van der Waals surface area contributed by atoms with Gasteiger partial charge in [-0.05, 0) is 55.2 Å². The first-order valence-corrected chi connectivity index (χ1v) is 16.7. The van der Waals surface area contributed by atoms with Gasteiger partial charge in [0.05, 0.1) is 24.6 Å². The minimum atomic E-state index is -1.24. The molecule has 14 heteroatoms. The average Bonchev–Trinajstić information content (AvgIpc) is 3.68. The van der Waals surface area contributed by atoms with Gasteiger partial charge in [0.1, 0.15) is 26.0 Å². The van der Waals surface area contributed by atoms with Crippen LogP contribution in [0.4, 0.5) is 10.6 Å². The minimum absolute atomic E-state index is 0.0250. The number of carboxylic acids is 1. The number of carbonyl (C=O) groups is 4. The number of hydrogen-bond acceptors (Lipinski definition) is 9. The van der Waals surface area contributed by atoms with Crippen LogP contribution >= 0.6 is 0 Å². The number of nitrogens with one attached hydrogen (secondary N) is 2. The summed E-state index contributed by atoms with van der Waals surface area (Å²) in [5, 5.41) is 15.3. The van der Waals surface area contributed by atoms with E-state index in [9.17, 15) is 24.3 Å². The van der Waals surface area contributed by atoms with E-state index >= 15 is 0 Å². The molecule has 0 fully saturated rings. The number of carbonyl (C=O) groups excluding carboxylic acids is 3. The summed E-state index contributed by atoms with van der Waals surface area (Å²) in [5.41, 5.74) is 4.64. The van der Waals surface area contributed by atoms with Crippen LogP contribution in [0, 0.1) is 0 Å². The third kappa shape index (κ3) is 8.41. The van der Waals surface area contributed by atoms with E-state index in [0.717, 1.165) is 27.2 Å². The standard InChI is InChI=1S/C38H39N7O7/c1-38(2,3)52-20-25(42-37(50)51-21-30-28-15-9-7-13-26(28)27-14-8-10-16-29(27)30)17-44(19-32(47)48)31(46)18-45-23-41-33-34(39-22-40-35(33)45)43-36(49)24-11-5-4-6-12-24/h4-16,22-23,25,30H,17-21H2,1-3H3,(H,42,50)(H,47,48)(H,39,40,43,49)/t25-/m1/s1. The summed E-state index contributed by atoms with van der Waals surface area (Å²) in [4.78, 5) is 65.5. The van der Waals surface area contributed by atoms with Crippen LogP contribution < -0.4 is 10.6 Å². The lowest BCUT2D eigenvalue weighted by atomic mass is 9.98. The quantitative estimate of drug-likeness (QED) is 0.155. The van der Waals surface area contributed by atoms with Crippen molar-refractivity contribution in [1.29, 1.82) is 0 Å². The first-order valence-electron chi connectivity index (χ1n) is 16.7. The van der Waals surface area contributed by atoms with Crippen LogP contribution in [0.5, 0.6) is 0 Å². The molecule has 52 heavy (non-hydrogen) atoms. The second kappa shape index (κ2) is 15.4. The highest BCUT2D eigenvalue weighted by molar-refractivity contribution is 6.06. The van der Waals surface area contributed by atoms with Crippen molar-refractivity contribution in [3.63, 3.8) is 0 Å². The number of nitrogens with zero attached hydrogens (tertiary/aromatic N) is 5. The molecule has 3 amide bonds. The van der Waals surface area contributed by atoms with Crippen LogP contribution in [-0.2, 0) is 25.6 Å².